The van der Waals surface area contributed by atoms with Gasteiger partial charge in [-0.1, -0.05) is 24.3 Å². The highest BCUT2D eigenvalue weighted by atomic mass is 16.4. The van der Waals surface area contributed by atoms with E-state index < -0.39 is 5.97 Å². The molecule has 1 aliphatic rings. The zero-order valence-electron chi connectivity index (χ0n) is 9.39. The second kappa shape index (κ2) is 6.99. The minimum atomic E-state index is -0.751. The fraction of sp³-hybridized carbons (Fsp3) is 0.538. The van der Waals surface area contributed by atoms with Crippen LogP contribution in [0.4, 0.5) is 0 Å². The maximum Gasteiger partial charge on any atom is 0.303 e. The van der Waals surface area contributed by atoms with Crippen LogP contribution in [-0.4, -0.2) is 16.9 Å². The highest BCUT2D eigenvalue weighted by Gasteiger charge is 2.15. The average Bonchev–Trinajstić information content (AvgIpc) is 2.25. The molecule has 0 heterocycles. The van der Waals surface area contributed by atoms with E-state index in [2.05, 4.69) is 6.08 Å². The number of hydrogen-bond donors (Lipinski definition) is 1. The SMILES string of the molecule is O=C(O)CCCC=CCC1C=CCCC1=O. The molecule has 0 aromatic rings. The molecule has 1 atom stereocenters. The Balaban J connectivity index is 2.16. The molecule has 0 fully saturated rings. The van der Waals surface area contributed by atoms with Crippen molar-refractivity contribution >= 4 is 11.8 Å². The number of allylic oxidation sites excluding steroid dienone is 4. The number of Topliss-reactive ketones (excluding diaryl/α,β-unsaturated/α-hetero) is 1. The lowest BCUT2D eigenvalue weighted by molar-refractivity contribution is -0.137. The van der Waals surface area contributed by atoms with Gasteiger partial charge in [0.15, 0.2) is 0 Å². The molecular formula is C13H18O3. The molecule has 0 aromatic heterocycles. The second-order valence-electron chi connectivity index (χ2n) is 4.03. The van der Waals surface area contributed by atoms with Crippen LogP contribution in [0.1, 0.15) is 38.5 Å². The molecule has 0 radical (unpaired) electrons. The van der Waals surface area contributed by atoms with Crippen molar-refractivity contribution in [3.8, 4) is 0 Å². The van der Waals surface area contributed by atoms with Gasteiger partial charge in [-0.25, -0.2) is 0 Å². The van der Waals surface area contributed by atoms with Crippen molar-refractivity contribution < 1.29 is 14.7 Å². The molecule has 0 saturated heterocycles. The van der Waals surface area contributed by atoms with Crippen LogP contribution in [0.2, 0.25) is 0 Å². The van der Waals surface area contributed by atoms with Crippen LogP contribution < -0.4 is 0 Å². The number of ketones is 1. The molecule has 16 heavy (non-hydrogen) atoms. The van der Waals surface area contributed by atoms with E-state index >= 15 is 0 Å². The molecule has 1 rings (SSSR count). The van der Waals surface area contributed by atoms with Crippen LogP contribution in [0.15, 0.2) is 24.3 Å². The summed E-state index contributed by atoms with van der Waals surface area (Å²) >= 11 is 0. The molecule has 0 bridgehead atoms. The van der Waals surface area contributed by atoms with Gasteiger partial charge in [-0.05, 0) is 25.7 Å². The van der Waals surface area contributed by atoms with Crippen LogP contribution in [0.25, 0.3) is 0 Å². The Kier molecular flexibility index (Phi) is 5.54. The number of unbranched alkanes of at least 4 members (excludes halogenated alkanes) is 1. The predicted molar refractivity (Wildman–Crippen MR) is 62.1 cm³/mol. The number of aliphatic carboxylic acids is 1. The number of carbonyl (C=O) groups is 2. The molecule has 1 aliphatic carbocycles. The summed E-state index contributed by atoms with van der Waals surface area (Å²) in [6, 6.07) is 0. The molecule has 0 aliphatic heterocycles. The van der Waals surface area contributed by atoms with Crippen LogP contribution in [0, 0.1) is 5.92 Å². The van der Waals surface area contributed by atoms with E-state index in [1.54, 1.807) is 0 Å². The van der Waals surface area contributed by atoms with Gasteiger partial charge in [-0.15, -0.1) is 0 Å². The van der Waals surface area contributed by atoms with Crippen LogP contribution in [0.5, 0.6) is 0 Å². The quantitative estimate of drug-likeness (QED) is 0.555. The Morgan fingerprint density at radius 3 is 3.00 bits per heavy atom. The Bertz CT molecular complexity index is 302. The third-order valence-electron chi connectivity index (χ3n) is 2.66. The Hall–Kier alpha value is -1.38. The van der Waals surface area contributed by atoms with Crippen molar-refractivity contribution in [3.63, 3.8) is 0 Å². The highest BCUT2D eigenvalue weighted by molar-refractivity contribution is 5.83. The lowest BCUT2D eigenvalue weighted by atomic mass is 9.91. The monoisotopic (exact) mass is 222 g/mol. The fourth-order valence-corrected chi connectivity index (χ4v) is 1.72. The summed E-state index contributed by atoms with van der Waals surface area (Å²) in [6.07, 6.45) is 11.9. The zero-order chi connectivity index (χ0) is 11.8. The number of rotatable bonds is 6. The third-order valence-corrected chi connectivity index (χ3v) is 2.66. The fourth-order valence-electron chi connectivity index (χ4n) is 1.72. The first-order valence-corrected chi connectivity index (χ1v) is 5.76. The molecule has 0 spiro atoms. The molecule has 3 nitrogen and oxygen atoms in total. The first-order chi connectivity index (χ1) is 7.70. The summed E-state index contributed by atoms with van der Waals surface area (Å²) in [5.74, 6) is -0.388. The number of carboxylic acid groups (broad SMARTS) is 1. The van der Waals surface area contributed by atoms with Gasteiger partial charge in [-0.2, -0.15) is 0 Å². The Morgan fingerprint density at radius 2 is 2.31 bits per heavy atom. The summed E-state index contributed by atoms with van der Waals surface area (Å²) in [6.45, 7) is 0. The van der Waals surface area contributed by atoms with Crippen molar-refractivity contribution in [1.82, 2.24) is 0 Å². The Morgan fingerprint density at radius 1 is 1.50 bits per heavy atom. The molecule has 3 heteroatoms. The first-order valence-electron chi connectivity index (χ1n) is 5.76. The summed E-state index contributed by atoms with van der Waals surface area (Å²) in [4.78, 5) is 21.7. The van der Waals surface area contributed by atoms with Crippen molar-refractivity contribution in [2.45, 2.75) is 38.5 Å². The molecular weight excluding hydrogens is 204 g/mol. The normalized spacial score (nSPS) is 20.5. The molecule has 1 unspecified atom stereocenters. The van der Waals surface area contributed by atoms with E-state index in [1.807, 2.05) is 18.2 Å². The van der Waals surface area contributed by atoms with E-state index in [1.165, 1.54) is 0 Å². The standard InChI is InChI=1S/C13H18O3/c14-12-9-6-5-8-11(12)7-3-1-2-4-10-13(15)16/h1,3,5,8,11H,2,4,6-7,9-10H2,(H,15,16). The maximum absolute atomic E-state index is 11.4. The van der Waals surface area contributed by atoms with E-state index in [4.69, 9.17) is 5.11 Å². The topological polar surface area (TPSA) is 54.4 Å². The van der Waals surface area contributed by atoms with Gasteiger partial charge in [-0.3, -0.25) is 9.59 Å². The minimum Gasteiger partial charge on any atom is -0.481 e. The second-order valence-corrected chi connectivity index (χ2v) is 4.03. The minimum absolute atomic E-state index is 0.0458. The van der Waals surface area contributed by atoms with E-state index in [9.17, 15) is 9.59 Å². The average molecular weight is 222 g/mol. The van der Waals surface area contributed by atoms with Crippen molar-refractivity contribution in [3.05, 3.63) is 24.3 Å². The van der Waals surface area contributed by atoms with Gasteiger partial charge >= 0.3 is 5.97 Å². The lowest BCUT2D eigenvalue weighted by Gasteiger charge is -2.12. The molecule has 0 amide bonds. The zero-order valence-corrected chi connectivity index (χ0v) is 9.39. The number of hydrogen-bond acceptors (Lipinski definition) is 2. The molecule has 88 valence electrons. The van der Waals surface area contributed by atoms with Crippen LogP contribution in [0.3, 0.4) is 0 Å². The molecule has 1 N–H and O–H groups in total. The maximum atomic E-state index is 11.4. The van der Waals surface area contributed by atoms with Gasteiger partial charge < -0.3 is 5.11 Å². The van der Waals surface area contributed by atoms with Crippen LogP contribution >= 0.6 is 0 Å². The number of carboxylic acids is 1. The summed E-state index contributed by atoms with van der Waals surface area (Å²) in [7, 11) is 0. The highest BCUT2D eigenvalue weighted by Crippen LogP contribution is 2.17. The third kappa shape index (κ3) is 4.91. The van der Waals surface area contributed by atoms with Gasteiger partial charge in [0.05, 0.1) is 0 Å². The largest absolute Gasteiger partial charge is 0.481 e. The smallest absolute Gasteiger partial charge is 0.303 e. The van der Waals surface area contributed by atoms with Gasteiger partial charge in [0.1, 0.15) is 5.78 Å². The molecule has 0 saturated carbocycles. The van der Waals surface area contributed by atoms with Gasteiger partial charge in [0, 0.05) is 18.8 Å². The van der Waals surface area contributed by atoms with Crippen molar-refractivity contribution in [1.29, 1.82) is 0 Å². The summed E-state index contributed by atoms with van der Waals surface area (Å²) in [5, 5.41) is 8.43. The Labute approximate surface area is 95.9 Å². The molecule has 0 aromatic carbocycles. The summed E-state index contributed by atoms with van der Waals surface area (Å²) in [5.41, 5.74) is 0. The lowest BCUT2D eigenvalue weighted by Crippen LogP contribution is -2.13. The predicted octanol–water partition coefficient (Wildman–Crippen LogP) is 2.72. The van der Waals surface area contributed by atoms with Crippen LogP contribution in [-0.2, 0) is 9.59 Å². The number of carbonyl (C=O) groups excluding carboxylic acids is 1. The van der Waals surface area contributed by atoms with Gasteiger partial charge in [0.2, 0.25) is 0 Å². The first kappa shape index (κ1) is 12.7. The van der Waals surface area contributed by atoms with E-state index in [-0.39, 0.29) is 12.3 Å². The van der Waals surface area contributed by atoms with E-state index in [0.717, 1.165) is 19.3 Å². The van der Waals surface area contributed by atoms with Gasteiger partial charge in [0.25, 0.3) is 0 Å². The summed E-state index contributed by atoms with van der Waals surface area (Å²) < 4.78 is 0. The van der Waals surface area contributed by atoms with E-state index in [0.29, 0.717) is 18.6 Å². The van der Waals surface area contributed by atoms with Crippen molar-refractivity contribution in [2.24, 2.45) is 5.92 Å². The van der Waals surface area contributed by atoms with Crippen molar-refractivity contribution in [2.75, 3.05) is 0 Å².